The molecule has 1 amide bonds. The van der Waals surface area contributed by atoms with E-state index >= 15 is 0 Å². The van der Waals surface area contributed by atoms with E-state index in [4.69, 9.17) is 13.7 Å². The van der Waals surface area contributed by atoms with Crippen molar-refractivity contribution in [2.75, 3.05) is 19.8 Å². The molecule has 3 aromatic rings. The summed E-state index contributed by atoms with van der Waals surface area (Å²) in [6.07, 6.45) is 8.14. The number of carbonyl (C=O) groups is 1. The van der Waals surface area contributed by atoms with Gasteiger partial charge in [-0.2, -0.15) is 4.98 Å². The third kappa shape index (κ3) is 3.95. The van der Waals surface area contributed by atoms with Crippen molar-refractivity contribution in [2.45, 2.75) is 31.2 Å². The number of rotatable bonds is 7. The fraction of sp³-hybridized carbons (Fsp3) is 0.421. The van der Waals surface area contributed by atoms with Crippen molar-refractivity contribution >= 4 is 5.91 Å². The molecule has 1 fully saturated rings. The van der Waals surface area contributed by atoms with Gasteiger partial charge in [0.05, 0.1) is 18.2 Å². The topological polar surface area (TPSA) is 95.3 Å². The van der Waals surface area contributed by atoms with Crippen LogP contribution >= 0.6 is 0 Å². The molecule has 0 bridgehead atoms. The minimum Gasteiger partial charge on any atom is -0.461 e. The zero-order valence-electron chi connectivity index (χ0n) is 15.0. The molecular formula is C19H22N4O4. The Labute approximate surface area is 156 Å². The fourth-order valence-electron chi connectivity index (χ4n) is 3.46. The van der Waals surface area contributed by atoms with Crippen LogP contribution in [-0.4, -0.2) is 40.4 Å². The highest BCUT2D eigenvalue weighted by atomic mass is 16.5. The van der Waals surface area contributed by atoms with E-state index in [9.17, 15) is 4.79 Å². The van der Waals surface area contributed by atoms with E-state index in [0.29, 0.717) is 50.1 Å². The second-order valence-corrected chi connectivity index (χ2v) is 6.69. The Hall–Kier alpha value is -2.87. The lowest BCUT2D eigenvalue weighted by Crippen LogP contribution is -2.43. The number of nitrogens with zero attached hydrogens (tertiary/aromatic N) is 3. The van der Waals surface area contributed by atoms with Crippen LogP contribution < -0.4 is 5.32 Å². The maximum atomic E-state index is 12.5. The van der Waals surface area contributed by atoms with Gasteiger partial charge in [-0.3, -0.25) is 4.79 Å². The number of carbonyl (C=O) groups excluding carboxylic acids is 1. The first kappa shape index (κ1) is 17.5. The molecule has 0 saturated carbocycles. The first-order valence-electron chi connectivity index (χ1n) is 9.10. The number of furan rings is 1. The average Bonchev–Trinajstić information content (AvgIpc) is 3.43. The second-order valence-electron chi connectivity index (χ2n) is 6.69. The highest BCUT2D eigenvalue weighted by Crippen LogP contribution is 2.32. The van der Waals surface area contributed by atoms with Crippen molar-refractivity contribution in [2.24, 2.45) is 0 Å². The Morgan fingerprint density at radius 3 is 2.78 bits per heavy atom. The van der Waals surface area contributed by atoms with Crippen LogP contribution in [0.2, 0.25) is 0 Å². The van der Waals surface area contributed by atoms with Crippen LogP contribution in [0.5, 0.6) is 0 Å². The zero-order valence-corrected chi connectivity index (χ0v) is 15.0. The van der Waals surface area contributed by atoms with Gasteiger partial charge < -0.3 is 23.6 Å². The van der Waals surface area contributed by atoms with Crippen molar-refractivity contribution in [3.8, 4) is 11.6 Å². The molecule has 8 heteroatoms. The van der Waals surface area contributed by atoms with Crippen molar-refractivity contribution in [1.29, 1.82) is 0 Å². The van der Waals surface area contributed by atoms with Crippen LogP contribution in [-0.2, 0) is 21.5 Å². The molecule has 1 saturated heterocycles. The van der Waals surface area contributed by atoms with E-state index in [0.717, 1.165) is 12.8 Å². The zero-order chi connectivity index (χ0) is 18.5. The third-order valence-electron chi connectivity index (χ3n) is 4.94. The number of aromatic nitrogens is 3. The quantitative estimate of drug-likeness (QED) is 0.686. The van der Waals surface area contributed by atoms with Gasteiger partial charge in [0.1, 0.15) is 0 Å². The number of nitrogens with one attached hydrogen (secondary N) is 1. The summed E-state index contributed by atoms with van der Waals surface area (Å²) in [5, 5.41) is 6.85. The summed E-state index contributed by atoms with van der Waals surface area (Å²) >= 11 is 0. The smallest absolute Gasteiger partial charge is 0.238 e. The number of ether oxygens (including phenoxy) is 1. The van der Waals surface area contributed by atoms with Crippen LogP contribution in [0.3, 0.4) is 0 Å². The van der Waals surface area contributed by atoms with Crippen LogP contribution in [0.15, 0.2) is 51.9 Å². The molecule has 0 aliphatic carbocycles. The lowest BCUT2D eigenvalue weighted by atomic mass is 9.86. The van der Waals surface area contributed by atoms with E-state index in [1.807, 2.05) is 24.5 Å². The summed E-state index contributed by atoms with van der Waals surface area (Å²) in [6.45, 7) is 1.78. The van der Waals surface area contributed by atoms with E-state index in [2.05, 4.69) is 20.0 Å². The van der Waals surface area contributed by atoms with Gasteiger partial charge in [0.15, 0.2) is 5.76 Å². The summed E-state index contributed by atoms with van der Waals surface area (Å²) in [5.74, 6) is 1.45. The third-order valence-corrected chi connectivity index (χ3v) is 4.94. The SMILES string of the molecule is O=C(CC1(n2cccc2)CCOCC1)NCCc1nc(-c2ccco2)no1. The van der Waals surface area contributed by atoms with Gasteiger partial charge in [-0.15, -0.1) is 0 Å². The van der Waals surface area contributed by atoms with Crippen LogP contribution in [0.25, 0.3) is 11.6 Å². The molecule has 0 aromatic carbocycles. The molecule has 0 radical (unpaired) electrons. The van der Waals surface area contributed by atoms with Gasteiger partial charge in [-0.25, -0.2) is 0 Å². The van der Waals surface area contributed by atoms with E-state index in [1.54, 1.807) is 18.4 Å². The van der Waals surface area contributed by atoms with Gasteiger partial charge >= 0.3 is 0 Å². The molecule has 0 unspecified atom stereocenters. The largest absolute Gasteiger partial charge is 0.461 e. The van der Waals surface area contributed by atoms with Crippen molar-refractivity contribution in [3.05, 3.63) is 48.8 Å². The Bertz CT molecular complexity index is 848. The average molecular weight is 370 g/mol. The molecule has 4 rings (SSSR count). The fourth-order valence-corrected chi connectivity index (χ4v) is 3.46. The van der Waals surface area contributed by atoms with E-state index < -0.39 is 0 Å². The summed E-state index contributed by atoms with van der Waals surface area (Å²) in [6, 6.07) is 7.51. The van der Waals surface area contributed by atoms with Crippen LogP contribution in [0.1, 0.15) is 25.2 Å². The minimum atomic E-state index is -0.219. The minimum absolute atomic E-state index is 0.0105. The second kappa shape index (κ2) is 7.79. The highest BCUT2D eigenvalue weighted by Gasteiger charge is 2.36. The van der Waals surface area contributed by atoms with Gasteiger partial charge in [0.25, 0.3) is 0 Å². The molecular weight excluding hydrogens is 348 g/mol. The summed E-state index contributed by atoms with van der Waals surface area (Å²) < 4.78 is 18.1. The first-order chi connectivity index (χ1) is 13.3. The Morgan fingerprint density at radius 1 is 1.22 bits per heavy atom. The van der Waals surface area contributed by atoms with Gasteiger partial charge in [0, 0.05) is 38.6 Å². The normalized spacial score (nSPS) is 16.3. The van der Waals surface area contributed by atoms with E-state index in [1.165, 1.54) is 0 Å². The summed E-state index contributed by atoms with van der Waals surface area (Å²) in [7, 11) is 0. The summed E-state index contributed by atoms with van der Waals surface area (Å²) in [5.41, 5.74) is -0.219. The van der Waals surface area contributed by atoms with Crippen LogP contribution in [0, 0.1) is 0 Å². The first-order valence-corrected chi connectivity index (χ1v) is 9.10. The monoisotopic (exact) mass is 370 g/mol. The van der Waals surface area contributed by atoms with Crippen molar-refractivity contribution in [1.82, 2.24) is 20.0 Å². The number of hydrogen-bond acceptors (Lipinski definition) is 6. The highest BCUT2D eigenvalue weighted by molar-refractivity contribution is 5.77. The molecule has 8 nitrogen and oxygen atoms in total. The lowest BCUT2D eigenvalue weighted by Gasteiger charge is -2.38. The van der Waals surface area contributed by atoms with Gasteiger partial charge in [-0.1, -0.05) is 5.16 Å². The number of hydrogen-bond donors (Lipinski definition) is 1. The van der Waals surface area contributed by atoms with Crippen molar-refractivity contribution in [3.63, 3.8) is 0 Å². The van der Waals surface area contributed by atoms with Crippen LogP contribution in [0.4, 0.5) is 0 Å². The number of amides is 1. The predicted octanol–water partition coefficient (Wildman–Crippen LogP) is 2.39. The molecule has 27 heavy (non-hydrogen) atoms. The molecule has 1 aliphatic heterocycles. The lowest BCUT2D eigenvalue weighted by molar-refractivity contribution is -0.124. The Kier molecular flexibility index (Phi) is 5.06. The predicted molar refractivity (Wildman–Crippen MR) is 95.8 cm³/mol. The molecule has 1 N–H and O–H groups in total. The molecule has 0 spiro atoms. The standard InChI is InChI=1S/C19H22N4O4/c24-16(14-19(6-12-25-13-7-19)23-9-1-2-10-23)20-8-5-17-21-18(22-27-17)15-4-3-11-26-15/h1-4,9-11H,5-8,12-14H2,(H,20,24). The molecule has 1 aliphatic rings. The Morgan fingerprint density at radius 2 is 2.04 bits per heavy atom. The maximum absolute atomic E-state index is 12.5. The Balaban J connectivity index is 1.31. The molecule has 142 valence electrons. The maximum Gasteiger partial charge on any atom is 0.238 e. The molecule has 3 aromatic heterocycles. The summed E-state index contributed by atoms with van der Waals surface area (Å²) in [4.78, 5) is 16.8. The van der Waals surface area contributed by atoms with Gasteiger partial charge in [0.2, 0.25) is 17.6 Å². The van der Waals surface area contributed by atoms with E-state index in [-0.39, 0.29) is 11.4 Å². The molecule has 0 atom stereocenters. The molecule has 4 heterocycles. The van der Waals surface area contributed by atoms with Gasteiger partial charge in [-0.05, 0) is 37.1 Å². The van der Waals surface area contributed by atoms with Crippen molar-refractivity contribution < 1.29 is 18.5 Å².